The van der Waals surface area contributed by atoms with Crippen LogP contribution >= 0.6 is 0 Å². The lowest BCUT2D eigenvalue weighted by atomic mass is 9.97. The van der Waals surface area contributed by atoms with Crippen molar-refractivity contribution < 1.29 is 9.47 Å². The van der Waals surface area contributed by atoms with Crippen molar-refractivity contribution in [2.75, 3.05) is 20.3 Å². The molecule has 2 nitrogen and oxygen atoms in total. The van der Waals surface area contributed by atoms with Gasteiger partial charge in [0.25, 0.3) is 0 Å². The topological polar surface area (TPSA) is 18.5 Å². The van der Waals surface area contributed by atoms with Crippen molar-refractivity contribution in [2.24, 2.45) is 0 Å². The summed E-state index contributed by atoms with van der Waals surface area (Å²) in [5.41, 5.74) is 2.70. The van der Waals surface area contributed by atoms with Crippen molar-refractivity contribution >= 4 is 6.08 Å². The van der Waals surface area contributed by atoms with E-state index >= 15 is 0 Å². The third-order valence-corrected chi connectivity index (χ3v) is 2.55. The summed E-state index contributed by atoms with van der Waals surface area (Å²) in [6.07, 6.45) is 6.65. The highest BCUT2D eigenvalue weighted by Gasteiger charge is 2.05. The Balaban J connectivity index is 2.04. The molecule has 0 spiro atoms. The normalized spacial score (nSPS) is 13.7. The van der Waals surface area contributed by atoms with Crippen molar-refractivity contribution in [2.45, 2.75) is 12.8 Å². The van der Waals surface area contributed by atoms with E-state index in [0.29, 0.717) is 13.2 Å². The molecule has 0 aliphatic heterocycles. The molecule has 1 aliphatic rings. The second-order valence-corrected chi connectivity index (χ2v) is 3.64. The van der Waals surface area contributed by atoms with Crippen molar-refractivity contribution in [3.8, 4) is 5.75 Å². The lowest BCUT2D eigenvalue weighted by Crippen LogP contribution is -2.05. The third-order valence-electron chi connectivity index (χ3n) is 2.55. The van der Waals surface area contributed by atoms with Crippen LogP contribution in [0.15, 0.2) is 24.3 Å². The van der Waals surface area contributed by atoms with Gasteiger partial charge in [-0.1, -0.05) is 18.2 Å². The first-order chi connectivity index (χ1) is 7.40. The van der Waals surface area contributed by atoms with Gasteiger partial charge >= 0.3 is 0 Å². The Bertz CT molecular complexity index is 356. The lowest BCUT2D eigenvalue weighted by Gasteiger charge is -2.12. The molecule has 0 N–H and O–H groups in total. The molecular weight excluding hydrogens is 188 g/mol. The van der Waals surface area contributed by atoms with E-state index < -0.39 is 0 Å². The van der Waals surface area contributed by atoms with Crippen LogP contribution in [0.4, 0.5) is 0 Å². The lowest BCUT2D eigenvalue weighted by molar-refractivity contribution is 0.146. The van der Waals surface area contributed by atoms with Gasteiger partial charge in [0.2, 0.25) is 0 Å². The van der Waals surface area contributed by atoms with Gasteiger partial charge in [-0.25, -0.2) is 0 Å². The number of rotatable bonds is 4. The van der Waals surface area contributed by atoms with Gasteiger partial charge in [0.1, 0.15) is 12.4 Å². The fourth-order valence-corrected chi connectivity index (χ4v) is 1.74. The van der Waals surface area contributed by atoms with Crippen molar-refractivity contribution in [3.05, 3.63) is 35.4 Å². The largest absolute Gasteiger partial charge is 0.491 e. The Hall–Kier alpha value is -1.28. The van der Waals surface area contributed by atoms with Gasteiger partial charge in [-0.05, 0) is 36.1 Å². The van der Waals surface area contributed by atoms with Crippen LogP contribution in [0.1, 0.15) is 17.5 Å². The Labute approximate surface area is 90.5 Å². The standard InChI is InChI=1S/C13H16O2/c1-14-8-9-15-13-7-6-11-4-2-3-5-12(11)10-13/h2,4,6-7,10H,3,5,8-9H2,1H3. The van der Waals surface area contributed by atoms with Gasteiger partial charge in [0.05, 0.1) is 6.61 Å². The Morgan fingerprint density at radius 1 is 1.27 bits per heavy atom. The van der Waals surface area contributed by atoms with Crippen LogP contribution in [0.25, 0.3) is 6.08 Å². The number of methoxy groups -OCH3 is 1. The van der Waals surface area contributed by atoms with E-state index in [1.165, 1.54) is 11.1 Å². The zero-order valence-corrected chi connectivity index (χ0v) is 9.03. The predicted octanol–water partition coefficient (Wildman–Crippen LogP) is 2.67. The third kappa shape index (κ3) is 2.60. The fourth-order valence-electron chi connectivity index (χ4n) is 1.74. The van der Waals surface area contributed by atoms with Crippen LogP contribution in [0.3, 0.4) is 0 Å². The van der Waals surface area contributed by atoms with E-state index in [-0.39, 0.29) is 0 Å². The predicted molar refractivity (Wildman–Crippen MR) is 61.2 cm³/mol. The maximum absolute atomic E-state index is 5.56. The molecule has 0 amide bonds. The van der Waals surface area contributed by atoms with Crippen molar-refractivity contribution in [3.63, 3.8) is 0 Å². The summed E-state index contributed by atoms with van der Waals surface area (Å²) in [6, 6.07) is 6.27. The summed E-state index contributed by atoms with van der Waals surface area (Å²) >= 11 is 0. The van der Waals surface area contributed by atoms with Gasteiger partial charge in [0.15, 0.2) is 0 Å². The number of allylic oxidation sites excluding steroid dienone is 1. The highest BCUT2D eigenvalue weighted by atomic mass is 16.5. The molecule has 1 aliphatic carbocycles. The van der Waals surface area contributed by atoms with E-state index in [9.17, 15) is 0 Å². The van der Waals surface area contributed by atoms with Gasteiger partial charge in [0, 0.05) is 7.11 Å². The van der Waals surface area contributed by atoms with Crippen LogP contribution in [0.2, 0.25) is 0 Å². The highest BCUT2D eigenvalue weighted by molar-refractivity contribution is 5.57. The molecule has 80 valence electrons. The van der Waals surface area contributed by atoms with Gasteiger partial charge < -0.3 is 9.47 Å². The first-order valence-electron chi connectivity index (χ1n) is 5.31. The zero-order chi connectivity index (χ0) is 10.5. The molecule has 15 heavy (non-hydrogen) atoms. The van der Waals surface area contributed by atoms with Gasteiger partial charge in [-0.15, -0.1) is 0 Å². The van der Waals surface area contributed by atoms with E-state index in [0.717, 1.165) is 18.6 Å². The number of aryl methyl sites for hydroxylation is 1. The molecule has 0 bridgehead atoms. The smallest absolute Gasteiger partial charge is 0.119 e. The average Bonchev–Trinajstić information content (AvgIpc) is 2.29. The fraction of sp³-hybridized carbons (Fsp3) is 0.385. The second kappa shape index (κ2) is 4.99. The number of ether oxygens (including phenoxy) is 2. The molecule has 0 unspecified atom stereocenters. The number of benzene rings is 1. The van der Waals surface area contributed by atoms with E-state index in [4.69, 9.17) is 9.47 Å². The Kier molecular flexibility index (Phi) is 3.41. The first-order valence-corrected chi connectivity index (χ1v) is 5.31. The minimum atomic E-state index is 0.616. The second-order valence-electron chi connectivity index (χ2n) is 3.64. The van der Waals surface area contributed by atoms with E-state index in [1.807, 2.05) is 6.07 Å². The molecule has 0 fully saturated rings. The SMILES string of the molecule is COCCOc1ccc2c(c1)CCC=C2. The monoisotopic (exact) mass is 204 g/mol. The zero-order valence-electron chi connectivity index (χ0n) is 9.03. The van der Waals surface area contributed by atoms with Gasteiger partial charge in [-0.3, -0.25) is 0 Å². The highest BCUT2D eigenvalue weighted by Crippen LogP contribution is 2.23. The van der Waals surface area contributed by atoms with Crippen LogP contribution < -0.4 is 4.74 Å². The number of hydrogen-bond acceptors (Lipinski definition) is 2. The molecular formula is C13H16O2. The summed E-state index contributed by atoms with van der Waals surface area (Å²) < 4.78 is 10.5. The Morgan fingerprint density at radius 2 is 2.20 bits per heavy atom. The quantitative estimate of drug-likeness (QED) is 0.702. The molecule has 0 saturated heterocycles. The number of fused-ring (bicyclic) bond motifs is 1. The minimum Gasteiger partial charge on any atom is -0.491 e. The van der Waals surface area contributed by atoms with Crippen LogP contribution in [-0.4, -0.2) is 20.3 Å². The summed E-state index contributed by atoms with van der Waals surface area (Å²) in [5, 5.41) is 0. The summed E-state index contributed by atoms with van der Waals surface area (Å²) in [6.45, 7) is 1.25. The molecule has 2 rings (SSSR count). The maximum atomic E-state index is 5.56. The average molecular weight is 204 g/mol. The van der Waals surface area contributed by atoms with E-state index in [1.54, 1.807) is 7.11 Å². The van der Waals surface area contributed by atoms with Gasteiger partial charge in [-0.2, -0.15) is 0 Å². The molecule has 1 aromatic carbocycles. The molecule has 1 aromatic rings. The Morgan fingerprint density at radius 3 is 3.07 bits per heavy atom. The van der Waals surface area contributed by atoms with Crippen LogP contribution in [0, 0.1) is 0 Å². The first kappa shape index (κ1) is 10.2. The van der Waals surface area contributed by atoms with Crippen molar-refractivity contribution in [1.29, 1.82) is 0 Å². The van der Waals surface area contributed by atoms with Crippen LogP contribution in [-0.2, 0) is 11.2 Å². The molecule has 0 aromatic heterocycles. The minimum absolute atomic E-state index is 0.616. The maximum Gasteiger partial charge on any atom is 0.119 e. The summed E-state index contributed by atoms with van der Waals surface area (Å²) in [4.78, 5) is 0. The van der Waals surface area contributed by atoms with Crippen LogP contribution in [0.5, 0.6) is 5.75 Å². The molecule has 2 heteroatoms. The van der Waals surface area contributed by atoms with E-state index in [2.05, 4.69) is 24.3 Å². The molecule has 0 heterocycles. The molecule has 0 atom stereocenters. The number of hydrogen-bond donors (Lipinski definition) is 0. The molecule has 0 radical (unpaired) electrons. The van der Waals surface area contributed by atoms with Crippen molar-refractivity contribution in [1.82, 2.24) is 0 Å². The summed E-state index contributed by atoms with van der Waals surface area (Å²) in [7, 11) is 1.68. The summed E-state index contributed by atoms with van der Waals surface area (Å²) in [5.74, 6) is 0.945. The molecule has 0 saturated carbocycles.